The van der Waals surface area contributed by atoms with Gasteiger partial charge in [-0.15, -0.1) is 0 Å². The Hall–Kier alpha value is -2.67. The highest BCUT2D eigenvalue weighted by atomic mass is 32.2. The van der Waals surface area contributed by atoms with E-state index in [1.54, 1.807) is 30.6 Å². The van der Waals surface area contributed by atoms with E-state index in [-0.39, 0.29) is 22.5 Å². The molecule has 6 nitrogen and oxygen atoms in total. The maximum Gasteiger partial charge on any atom is 0.335 e. The highest BCUT2D eigenvalue weighted by molar-refractivity contribution is 8.14. The summed E-state index contributed by atoms with van der Waals surface area (Å²) in [7, 11) is 0. The van der Waals surface area contributed by atoms with Gasteiger partial charge in [0.2, 0.25) is 5.91 Å². The van der Waals surface area contributed by atoms with E-state index < -0.39 is 11.2 Å². The van der Waals surface area contributed by atoms with E-state index >= 15 is 0 Å². The van der Waals surface area contributed by atoms with Gasteiger partial charge in [-0.25, -0.2) is 4.79 Å². The number of anilines is 1. The molecule has 130 valence electrons. The molecule has 2 rings (SSSR count). The number of carbonyl (C=O) groups is 3. The molecular weight excluding hydrogens is 340 g/mol. The van der Waals surface area contributed by atoms with Crippen LogP contribution in [0.5, 0.6) is 0 Å². The zero-order valence-electron chi connectivity index (χ0n) is 13.8. The summed E-state index contributed by atoms with van der Waals surface area (Å²) in [6.45, 7) is 3.26. The Morgan fingerprint density at radius 2 is 1.96 bits per heavy atom. The number of aromatic nitrogens is 1. The van der Waals surface area contributed by atoms with Gasteiger partial charge in [0.05, 0.1) is 10.8 Å². The Morgan fingerprint density at radius 3 is 2.56 bits per heavy atom. The lowest BCUT2D eigenvalue weighted by Crippen LogP contribution is -2.30. The molecule has 7 heteroatoms. The van der Waals surface area contributed by atoms with Gasteiger partial charge in [0.25, 0.3) is 0 Å². The average molecular weight is 358 g/mol. The zero-order chi connectivity index (χ0) is 18.4. The molecule has 0 spiro atoms. The van der Waals surface area contributed by atoms with Crippen molar-refractivity contribution in [1.82, 2.24) is 4.98 Å². The number of aromatic carboxylic acids is 1. The molecule has 2 unspecified atom stereocenters. The number of pyridine rings is 1. The molecule has 0 aliphatic carbocycles. The predicted octanol–water partition coefficient (Wildman–Crippen LogP) is 3.17. The number of rotatable bonds is 6. The molecule has 1 amide bonds. The Balaban J connectivity index is 2.22. The monoisotopic (exact) mass is 358 g/mol. The average Bonchev–Trinajstić information content (AvgIpc) is 2.59. The second kappa shape index (κ2) is 8.43. The van der Waals surface area contributed by atoms with Crippen LogP contribution in [0, 0.1) is 0 Å². The first kappa shape index (κ1) is 18.7. The Labute approximate surface area is 149 Å². The molecule has 2 N–H and O–H groups in total. The number of carboxylic acids is 1. The van der Waals surface area contributed by atoms with Crippen LogP contribution in [-0.4, -0.2) is 32.3 Å². The van der Waals surface area contributed by atoms with Crippen molar-refractivity contribution in [1.29, 1.82) is 0 Å². The largest absolute Gasteiger partial charge is 0.478 e. The van der Waals surface area contributed by atoms with Crippen LogP contribution in [0.25, 0.3) is 0 Å². The summed E-state index contributed by atoms with van der Waals surface area (Å²) in [5.74, 6) is -1.68. The molecule has 1 heterocycles. The first-order valence-electron chi connectivity index (χ1n) is 7.60. The lowest BCUT2D eigenvalue weighted by Gasteiger charge is -2.22. The third kappa shape index (κ3) is 5.15. The van der Waals surface area contributed by atoms with Crippen molar-refractivity contribution >= 4 is 34.4 Å². The lowest BCUT2D eigenvalue weighted by atomic mass is 9.98. The minimum absolute atomic E-state index is 0.0777. The summed E-state index contributed by atoms with van der Waals surface area (Å²) in [6.07, 6.45) is 3.30. The van der Waals surface area contributed by atoms with Crippen molar-refractivity contribution in [3.05, 3.63) is 59.9 Å². The van der Waals surface area contributed by atoms with Gasteiger partial charge in [0.15, 0.2) is 5.12 Å². The van der Waals surface area contributed by atoms with Gasteiger partial charge in [0.1, 0.15) is 0 Å². The second-order valence-corrected chi connectivity index (χ2v) is 6.80. The van der Waals surface area contributed by atoms with Gasteiger partial charge >= 0.3 is 5.97 Å². The number of amides is 1. The van der Waals surface area contributed by atoms with E-state index in [0.29, 0.717) is 5.69 Å². The fraction of sp³-hybridized carbons (Fsp3) is 0.222. The van der Waals surface area contributed by atoms with Crippen molar-refractivity contribution in [2.75, 3.05) is 5.32 Å². The van der Waals surface area contributed by atoms with E-state index in [0.717, 1.165) is 17.3 Å². The van der Waals surface area contributed by atoms with Crippen LogP contribution in [0.15, 0.2) is 48.8 Å². The molecule has 2 aromatic rings. The summed E-state index contributed by atoms with van der Waals surface area (Å²) in [4.78, 5) is 39.4. The van der Waals surface area contributed by atoms with E-state index in [4.69, 9.17) is 5.11 Å². The molecule has 1 aromatic carbocycles. The van der Waals surface area contributed by atoms with Crippen LogP contribution in [-0.2, 0) is 9.59 Å². The van der Waals surface area contributed by atoms with E-state index in [2.05, 4.69) is 10.3 Å². The number of benzene rings is 1. The molecule has 25 heavy (non-hydrogen) atoms. The van der Waals surface area contributed by atoms with E-state index in [1.807, 2.05) is 13.0 Å². The third-order valence-corrected chi connectivity index (χ3v) is 4.80. The number of nitrogens with one attached hydrogen (secondary N) is 1. The third-order valence-electron chi connectivity index (χ3n) is 3.59. The molecule has 2 atom stereocenters. The molecular formula is C18H18N2O4S. The van der Waals surface area contributed by atoms with Gasteiger partial charge < -0.3 is 10.4 Å². The SMILES string of the molecule is CC(=O)SC(C(=O)Nc1cccc(C(=O)O)c1)C(C)c1cccnc1. The van der Waals surface area contributed by atoms with Crippen LogP contribution in [0.4, 0.5) is 5.69 Å². The van der Waals surface area contributed by atoms with Crippen LogP contribution < -0.4 is 5.32 Å². The minimum atomic E-state index is -1.07. The number of thioether (sulfide) groups is 1. The number of hydrogen-bond donors (Lipinski definition) is 2. The lowest BCUT2D eigenvalue weighted by molar-refractivity contribution is -0.116. The maximum atomic E-state index is 12.7. The van der Waals surface area contributed by atoms with Crippen molar-refractivity contribution in [2.24, 2.45) is 0 Å². The first-order valence-corrected chi connectivity index (χ1v) is 8.48. The van der Waals surface area contributed by atoms with Crippen molar-refractivity contribution in [3.8, 4) is 0 Å². The smallest absolute Gasteiger partial charge is 0.335 e. The minimum Gasteiger partial charge on any atom is -0.478 e. The summed E-state index contributed by atoms with van der Waals surface area (Å²) in [5.41, 5.74) is 1.29. The van der Waals surface area contributed by atoms with Gasteiger partial charge in [-0.3, -0.25) is 14.6 Å². The van der Waals surface area contributed by atoms with Crippen molar-refractivity contribution in [3.63, 3.8) is 0 Å². The molecule has 0 radical (unpaired) electrons. The standard InChI is InChI=1S/C18H18N2O4S/c1-11(14-6-4-8-19-10-14)16(25-12(2)21)17(22)20-15-7-3-5-13(9-15)18(23)24/h3-11,16H,1-2H3,(H,20,22)(H,23,24). The van der Waals surface area contributed by atoms with Crippen molar-refractivity contribution in [2.45, 2.75) is 25.0 Å². The van der Waals surface area contributed by atoms with Crippen LogP contribution >= 0.6 is 11.8 Å². The fourth-order valence-corrected chi connectivity index (χ4v) is 3.21. The van der Waals surface area contributed by atoms with Gasteiger partial charge in [-0.05, 0) is 29.8 Å². The first-order chi connectivity index (χ1) is 11.9. The Kier molecular flexibility index (Phi) is 6.30. The van der Waals surface area contributed by atoms with Gasteiger partial charge in [-0.1, -0.05) is 30.8 Å². The van der Waals surface area contributed by atoms with Gasteiger partial charge in [-0.2, -0.15) is 0 Å². The second-order valence-electron chi connectivity index (χ2n) is 5.48. The van der Waals surface area contributed by atoms with Crippen LogP contribution in [0.3, 0.4) is 0 Å². The summed E-state index contributed by atoms with van der Waals surface area (Å²) in [6, 6.07) is 9.60. The molecule has 0 saturated heterocycles. The molecule has 0 aliphatic rings. The number of nitrogens with zero attached hydrogens (tertiary/aromatic N) is 1. The molecule has 0 fully saturated rings. The maximum absolute atomic E-state index is 12.7. The normalized spacial score (nSPS) is 12.9. The number of carbonyl (C=O) groups excluding carboxylic acids is 2. The summed E-state index contributed by atoms with van der Waals surface area (Å²) >= 11 is 0.945. The zero-order valence-corrected chi connectivity index (χ0v) is 14.6. The Bertz CT molecular complexity index is 780. The fourth-order valence-electron chi connectivity index (χ4n) is 2.32. The number of hydrogen-bond acceptors (Lipinski definition) is 5. The molecule has 1 aromatic heterocycles. The number of carboxylic acid groups (broad SMARTS) is 1. The van der Waals surface area contributed by atoms with Crippen molar-refractivity contribution < 1.29 is 19.5 Å². The summed E-state index contributed by atoms with van der Waals surface area (Å²) in [5, 5.41) is 10.9. The Morgan fingerprint density at radius 1 is 1.20 bits per heavy atom. The van der Waals surface area contributed by atoms with E-state index in [1.165, 1.54) is 19.1 Å². The van der Waals surface area contributed by atoms with E-state index in [9.17, 15) is 14.4 Å². The molecule has 0 bridgehead atoms. The van der Waals surface area contributed by atoms with Crippen LogP contribution in [0.1, 0.15) is 35.7 Å². The topological polar surface area (TPSA) is 96.4 Å². The van der Waals surface area contributed by atoms with Crippen LogP contribution in [0.2, 0.25) is 0 Å². The summed E-state index contributed by atoms with van der Waals surface area (Å²) < 4.78 is 0. The highest BCUT2D eigenvalue weighted by Crippen LogP contribution is 2.29. The predicted molar refractivity (Wildman–Crippen MR) is 96.7 cm³/mol. The molecule has 0 aliphatic heterocycles. The molecule has 0 saturated carbocycles. The quantitative estimate of drug-likeness (QED) is 0.823. The highest BCUT2D eigenvalue weighted by Gasteiger charge is 2.29. The van der Waals surface area contributed by atoms with Gasteiger partial charge in [0, 0.05) is 30.9 Å².